The van der Waals surface area contributed by atoms with Gasteiger partial charge < -0.3 is 28.8 Å². The van der Waals surface area contributed by atoms with E-state index in [1.165, 1.54) is 0 Å². The minimum absolute atomic E-state index is 0.0157. The van der Waals surface area contributed by atoms with E-state index in [-0.39, 0.29) is 6.61 Å². The molecule has 4 aromatic rings. The summed E-state index contributed by atoms with van der Waals surface area (Å²) in [5.74, 6) is 3.16. The summed E-state index contributed by atoms with van der Waals surface area (Å²) in [5.41, 5.74) is 5.78. The number of hydrogen-bond acceptors (Lipinski definition) is 6. The smallest absolute Gasteiger partial charge is 0.203 e. The number of aliphatic hydroxyl groups excluding tert-OH is 1. The third-order valence-corrected chi connectivity index (χ3v) is 6.26. The highest BCUT2D eigenvalue weighted by Crippen LogP contribution is 2.39. The first-order valence-electron chi connectivity index (χ1n) is 12.8. The lowest BCUT2D eigenvalue weighted by Crippen LogP contribution is -2.01. The molecule has 0 unspecified atom stereocenters. The fourth-order valence-electron chi connectivity index (χ4n) is 4.19. The van der Waals surface area contributed by atoms with Gasteiger partial charge in [-0.1, -0.05) is 66.8 Å². The topological polar surface area (TPSA) is 66.4 Å². The van der Waals surface area contributed by atoms with Crippen LogP contribution in [-0.4, -0.2) is 33.5 Å². The zero-order chi connectivity index (χ0) is 28.3. The maximum Gasteiger partial charge on any atom is 0.203 e. The van der Waals surface area contributed by atoms with Crippen molar-refractivity contribution < 1.29 is 28.8 Å². The highest BCUT2D eigenvalue weighted by Gasteiger charge is 2.14. The first-order valence-corrected chi connectivity index (χ1v) is 12.8. The van der Waals surface area contributed by atoms with Crippen LogP contribution >= 0.6 is 0 Å². The Balaban J connectivity index is 1.51. The number of rotatable bonds is 12. The molecule has 4 rings (SSSR count). The van der Waals surface area contributed by atoms with Crippen molar-refractivity contribution in [3.05, 3.63) is 112 Å². The van der Waals surface area contributed by atoms with Crippen LogP contribution in [0.5, 0.6) is 28.7 Å². The van der Waals surface area contributed by atoms with Crippen molar-refractivity contribution in [3.8, 4) is 28.7 Å². The molecule has 0 saturated heterocycles. The van der Waals surface area contributed by atoms with Crippen molar-refractivity contribution in [2.45, 2.75) is 13.2 Å². The van der Waals surface area contributed by atoms with Gasteiger partial charge in [0.2, 0.25) is 5.75 Å². The average molecular weight is 539 g/mol. The van der Waals surface area contributed by atoms with Gasteiger partial charge in [0.1, 0.15) is 18.1 Å². The van der Waals surface area contributed by atoms with E-state index in [0.717, 1.165) is 44.9 Å². The summed E-state index contributed by atoms with van der Waals surface area (Å²) in [6.45, 7) is 0.302. The van der Waals surface area contributed by atoms with Crippen LogP contribution in [0.15, 0.2) is 78.9 Å². The molecule has 1 N–H and O–H groups in total. The van der Waals surface area contributed by atoms with Gasteiger partial charge in [-0.15, -0.1) is 0 Å². The zero-order valence-electron chi connectivity index (χ0n) is 23.2. The molecule has 0 aliphatic carbocycles. The molecule has 0 atom stereocenters. The van der Waals surface area contributed by atoms with E-state index < -0.39 is 0 Å². The summed E-state index contributed by atoms with van der Waals surface area (Å²) in [6.07, 6.45) is 8.14. The quantitative estimate of drug-likeness (QED) is 0.194. The van der Waals surface area contributed by atoms with E-state index in [9.17, 15) is 5.11 Å². The van der Waals surface area contributed by atoms with E-state index in [0.29, 0.717) is 23.9 Å². The fraction of sp³-hybridized carbons (Fsp3) is 0.176. The molecule has 6 heteroatoms. The fourth-order valence-corrected chi connectivity index (χ4v) is 4.19. The van der Waals surface area contributed by atoms with Crippen molar-refractivity contribution in [1.29, 1.82) is 0 Å². The molecule has 0 aromatic heterocycles. The lowest BCUT2D eigenvalue weighted by molar-refractivity contribution is 0.264. The molecule has 206 valence electrons. The third-order valence-electron chi connectivity index (χ3n) is 6.26. The molecule has 0 saturated carbocycles. The van der Waals surface area contributed by atoms with Gasteiger partial charge in [-0.2, -0.15) is 0 Å². The Morgan fingerprint density at radius 1 is 0.550 bits per heavy atom. The van der Waals surface area contributed by atoms with Crippen LogP contribution < -0.4 is 23.7 Å². The molecule has 0 fully saturated rings. The zero-order valence-corrected chi connectivity index (χ0v) is 23.2. The summed E-state index contributed by atoms with van der Waals surface area (Å²) >= 11 is 0. The molecule has 0 aliphatic heterocycles. The highest BCUT2D eigenvalue weighted by atomic mass is 16.5. The molecule has 40 heavy (non-hydrogen) atoms. The Hall–Kier alpha value is -4.68. The normalized spacial score (nSPS) is 11.1. The van der Waals surface area contributed by atoms with Gasteiger partial charge in [-0.05, 0) is 63.7 Å². The van der Waals surface area contributed by atoms with Gasteiger partial charge in [0.05, 0.1) is 35.0 Å². The van der Waals surface area contributed by atoms with Crippen LogP contribution in [-0.2, 0) is 13.2 Å². The first kappa shape index (κ1) is 28.3. The molecule has 0 spiro atoms. The number of aliphatic hydroxyl groups is 1. The minimum atomic E-state index is -0.0157. The van der Waals surface area contributed by atoms with Crippen LogP contribution in [0.1, 0.15) is 33.4 Å². The van der Waals surface area contributed by atoms with E-state index >= 15 is 0 Å². The molecule has 0 heterocycles. The average Bonchev–Trinajstić information content (AvgIpc) is 3.01. The molecule has 4 aromatic carbocycles. The minimum Gasteiger partial charge on any atom is -0.497 e. The predicted molar refractivity (Wildman–Crippen MR) is 160 cm³/mol. The number of methoxy groups -OCH3 is 4. The lowest BCUT2D eigenvalue weighted by Gasteiger charge is -2.15. The van der Waals surface area contributed by atoms with Crippen molar-refractivity contribution in [2.75, 3.05) is 28.4 Å². The maximum absolute atomic E-state index is 9.40. The molecule has 0 aliphatic rings. The monoisotopic (exact) mass is 538 g/mol. The van der Waals surface area contributed by atoms with Crippen LogP contribution in [0.4, 0.5) is 0 Å². The Labute approximate surface area is 235 Å². The largest absolute Gasteiger partial charge is 0.497 e. The predicted octanol–water partition coefficient (Wildman–Crippen LogP) is 7.13. The van der Waals surface area contributed by atoms with E-state index in [1.807, 2.05) is 78.9 Å². The molecule has 0 bridgehead atoms. The highest BCUT2D eigenvalue weighted by molar-refractivity contribution is 5.76. The third kappa shape index (κ3) is 7.46. The van der Waals surface area contributed by atoms with Gasteiger partial charge in [0.15, 0.2) is 11.5 Å². The molecular formula is C34H34O6. The molecule has 0 amide bonds. The summed E-state index contributed by atoms with van der Waals surface area (Å²) in [5, 5.41) is 9.40. The van der Waals surface area contributed by atoms with E-state index in [4.69, 9.17) is 23.7 Å². The molecule has 6 nitrogen and oxygen atoms in total. The van der Waals surface area contributed by atoms with Gasteiger partial charge in [-0.3, -0.25) is 0 Å². The van der Waals surface area contributed by atoms with Crippen molar-refractivity contribution >= 4 is 24.3 Å². The van der Waals surface area contributed by atoms with E-state index in [1.54, 1.807) is 28.4 Å². The van der Waals surface area contributed by atoms with Crippen molar-refractivity contribution in [1.82, 2.24) is 0 Å². The SMILES string of the molecule is COc1cc(/C=C/c2cccc(/C=C/c3cc(OC)c(OCc4cccc(CO)c4)c(OC)c3)c2)cc(OC)c1. The van der Waals surface area contributed by atoms with Gasteiger partial charge in [0, 0.05) is 6.07 Å². The Bertz CT molecular complexity index is 1440. The standard InChI is InChI=1S/C34H34O6/c1-36-30-17-26(18-31(21-30)37-2)13-11-24-7-5-8-25(15-24)12-14-27-19-32(38-3)34(33(20-27)39-4)40-23-29-10-6-9-28(16-29)22-35/h5-21,35H,22-23H2,1-4H3/b13-11+,14-12+. The van der Waals surface area contributed by atoms with Gasteiger partial charge in [-0.25, -0.2) is 0 Å². The Morgan fingerprint density at radius 2 is 1.07 bits per heavy atom. The van der Waals surface area contributed by atoms with Crippen molar-refractivity contribution in [3.63, 3.8) is 0 Å². The second-order valence-corrected chi connectivity index (χ2v) is 9.00. The Morgan fingerprint density at radius 3 is 1.62 bits per heavy atom. The molecular weight excluding hydrogens is 504 g/mol. The van der Waals surface area contributed by atoms with Gasteiger partial charge >= 0.3 is 0 Å². The van der Waals surface area contributed by atoms with E-state index in [2.05, 4.69) is 24.3 Å². The second-order valence-electron chi connectivity index (χ2n) is 9.00. The van der Waals surface area contributed by atoms with Crippen molar-refractivity contribution in [2.24, 2.45) is 0 Å². The van der Waals surface area contributed by atoms with Crippen LogP contribution in [0, 0.1) is 0 Å². The number of ether oxygens (including phenoxy) is 5. The summed E-state index contributed by atoms with van der Waals surface area (Å²) < 4.78 is 28.1. The van der Waals surface area contributed by atoms with Gasteiger partial charge in [0.25, 0.3) is 0 Å². The number of benzene rings is 4. The van der Waals surface area contributed by atoms with Crippen LogP contribution in [0.3, 0.4) is 0 Å². The summed E-state index contributed by atoms with van der Waals surface area (Å²) in [6, 6.07) is 25.5. The summed E-state index contributed by atoms with van der Waals surface area (Å²) in [4.78, 5) is 0. The second kappa shape index (κ2) is 13.9. The number of hydrogen-bond donors (Lipinski definition) is 1. The van der Waals surface area contributed by atoms with Crippen LogP contribution in [0.25, 0.3) is 24.3 Å². The summed E-state index contributed by atoms with van der Waals surface area (Å²) in [7, 11) is 6.50. The maximum atomic E-state index is 9.40. The Kier molecular flexibility index (Phi) is 9.86. The lowest BCUT2D eigenvalue weighted by atomic mass is 10.1. The van der Waals surface area contributed by atoms with Crippen LogP contribution in [0.2, 0.25) is 0 Å². The first-order chi connectivity index (χ1) is 19.5. The molecule has 0 radical (unpaired) electrons.